The topological polar surface area (TPSA) is 12.0 Å². The maximum Gasteiger partial charge on any atom is 0.129 e. The van der Waals surface area contributed by atoms with Crippen molar-refractivity contribution in [3.8, 4) is 0 Å². The fourth-order valence-electron chi connectivity index (χ4n) is 1.89. The van der Waals surface area contributed by atoms with Crippen LogP contribution in [0.5, 0.6) is 0 Å². The second-order valence-electron chi connectivity index (χ2n) is 3.80. The molecule has 0 saturated carbocycles. The Hall–Kier alpha value is -0.960. The first-order chi connectivity index (χ1) is 6.75. The average molecular weight is 197 g/mol. The highest BCUT2D eigenvalue weighted by molar-refractivity contribution is 5.19. The number of benzene rings is 1. The van der Waals surface area contributed by atoms with E-state index in [4.69, 9.17) is 0 Å². The minimum Gasteiger partial charge on any atom is -0.316 e. The summed E-state index contributed by atoms with van der Waals surface area (Å²) < 4.78 is 25.9. The molecule has 1 unspecified atom stereocenters. The molecule has 0 radical (unpaired) electrons. The van der Waals surface area contributed by atoms with Gasteiger partial charge in [-0.3, -0.25) is 0 Å². The van der Waals surface area contributed by atoms with Crippen LogP contribution in [0.2, 0.25) is 0 Å². The Morgan fingerprint density at radius 2 is 2.21 bits per heavy atom. The van der Waals surface area contributed by atoms with Crippen molar-refractivity contribution in [2.75, 3.05) is 13.1 Å². The maximum absolute atomic E-state index is 13.2. The van der Waals surface area contributed by atoms with Crippen molar-refractivity contribution in [1.29, 1.82) is 0 Å². The van der Waals surface area contributed by atoms with Crippen LogP contribution in [0.25, 0.3) is 0 Å². The van der Waals surface area contributed by atoms with Gasteiger partial charge in [0.1, 0.15) is 11.6 Å². The van der Waals surface area contributed by atoms with Crippen LogP contribution in [-0.4, -0.2) is 13.1 Å². The highest BCUT2D eigenvalue weighted by Gasteiger charge is 2.16. The minimum absolute atomic E-state index is 0.420. The first-order valence-electron chi connectivity index (χ1n) is 4.90. The molecule has 76 valence electrons. The van der Waals surface area contributed by atoms with E-state index in [0.717, 1.165) is 25.6 Å². The molecule has 0 aromatic heterocycles. The summed E-state index contributed by atoms with van der Waals surface area (Å²) in [6, 6.07) is 3.82. The van der Waals surface area contributed by atoms with E-state index >= 15 is 0 Å². The summed E-state index contributed by atoms with van der Waals surface area (Å²) in [7, 11) is 0. The van der Waals surface area contributed by atoms with Gasteiger partial charge in [0.05, 0.1) is 0 Å². The van der Waals surface area contributed by atoms with Gasteiger partial charge in [-0.05, 0) is 43.5 Å². The van der Waals surface area contributed by atoms with E-state index in [1.165, 1.54) is 6.07 Å². The number of halogens is 2. The van der Waals surface area contributed by atoms with Gasteiger partial charge in [-0.25, -0.2) is 8.78 Å². The summed E-state index contributed by atoms with van der Waals surface area (Å²) in [6.45, 7) is 1.95. The Morgan fingerprint density at radius 3 is 2.86 bits per heavy atom. The number of hydrogen-bond acceptors (Lipinski definition) is 1. The zero-order chi connectivity index (χ0) is 9.97. The molecule has 1 heterocycles. The summed E-state index contributed by atoms with van der Waals surface area (Å²) in [5.41, 5.74) is 0.625. The van der Waals surface area contributed by atoms with E-state index in [1.807, 2.05) is 0 Å². The van der Waals surface area contributed by atoms with Crippen LogP contribution in [0.1, 0.15) is 12.0 Å². The summed E-state index contributed by atoms with van der Waals surface area (Å²) in [4.78, 5) is 0. The van der Waals surface area contributed by atoms with E-state index in [-0.39, 0.29) is 0 Å². The van der Waals surface area contributed by atoms with Crippen LogP contribution < -0.4 is 5.32 Å². The van der Waals surface area contributed by atoms with Crippen molar-refractivity contribution in [2.24, 2.45) is 5.92 Å². The molecule has 1 aromatic rings. The number of nitrogens with one attached hydrogen (secondary N) is 1. The van der Waals surface area contributed by atoms with Gasteiger partial charge in [0.15, 0.2) is 0 Å². The number of rotatable bonds is 2. The Bertz CT molecular complexity index is 319. The average Bonchev–Trinajstić information content (AvgIpc) is 2.62. The summed E-state index contributed by atoms with van der Waals surface area (Å²) in [5, 5.41) is 3.23. The molecule has 1 N–H and O–H groups in total. The van der Waals surface area contributed by atoms with E-state index in [0.29, 0.717) is 17.9 Å². The molecular weight excluding hydrogens is 184 g/mol. The molecule has 3 heteroatoms. The fourth-order valence-corrected chi connectivity index (χ4v) is 1.89. The monoisotopic (exact) mass is 197 g/mol. The molecule has 1 saturated heterocycles. The van der Waals surface area contributed by atoms with E-state index in [1.54, 1.807) is 6.07 Å². The fraction of sp³-hybridized carbons (Fsp3) is 0.455. The third-order valence-corrected chi connectivity index (χ3v) is 2.69. The Kier molecular flexibility index (Phi) is 2.77. The first kappa shape index (κ1) is 9.59. The van der Waals surface area contributed by atoms with E-state index in [2.05, 4.69) is 5.32 Å². The zero-order valence-electron chi connectivity index (χ0n) is 7.89. The van der Waals surface area contributed by atoms with Gasteiger partial charge in [-0.2, -0.15) is 0 Å². The highest BCUT2D eigenvalue weighted by Crippen LogP contribution is 2.18. The van der Waals surface area contributed by atoms with Gasteiger partial charge >= 0.3 is 0 Å². The lowest BCUT2D eigenvalue weighted by atomic mass is 9.98. The van der Waals surface area contributed by atoms with Crippen molar-refractivity contribution in [1.82, 2.24) is 5.32 Å². The van der Waals surface area contributed by atoms with Crippen molar-refractivity contribution in [3.63, 3.8) is 0 Å². The number of hydrogen-bond donors (Lipinski definition) is 1. The van der Waals surface area contributed by atoms with Crippen molar-refractivity contribution in [2.45, 2.75) is 12.8 Å². The molecule has 1 atom stereocenters. The molecule has 0 amide bonds. The molecule has 1 fully saturated rings. The SMILES string of the molecule is Fc1ccc(CC2CCNC2)c(F)c1. The molecule has 1 nitrogen and oxygen atoms in total. The lowest BCUT2D eigenvalue weighted by molar-refractivity contribution is 0.532. The molecule has 1 aliphatic heterocycles. The molecule has 0 spiro atoms. The quantitative estimate of drug-likeness (QED) is 0.765. The predicted molar refractivity (Wildman–Crippen MR) is 51.0 cm³/mol. The molecule has 1 aliphatic rings. The second-order valence-corrected chi connectivity index (χ2v) is 3.80. The summed E-state index contributed by atoms with van der Waals surface area (Å²) in [5.74, 6) is -0.428. The molecule has 1 aromatic carbocycles. The molecular formula is C11H13F2N. The second kappa shape index (κ2) is 4.05. The minimum atomic E-state index is -0.504. The largest absolute Gasteiger partial charge is 0.316 e. The third kappa shape index (κ3) is 2.10. The maximum atomic E-state index is 13.2. The Morgan fingerprint density at radius 1 is 1.36 bits per heavy atom. The van der Waals surface area contributed by atoms with Gasteiger partial charge < -0.3 is 5.32 Å². The highest BCUT2D eigenvalue weighted by atomic mass is 19.1. The van der Waals surface area contributed by atoms with Gasteiger partial charge in [0.2, 0.25) is 0 Å². The van der Waals surface area contributed by atoms with Crippen molar-refractivity contribution in [3.05, 3.63) is 35.4 Å². The standard InChI is InChI=1S/C11H13F2N/c12-10-2-1-9(11(13)6-10)5-8-3-4-14-7-8/h1-2,6,8,14H,3-5,7H2. The lowest BCUT2D eigenvalue weighted by Gasteiger charge is -2.08. The molecule has 0 aliphatic carbocycles. The van der Waals surface area contributed by atoms with Crippen LogP contribution >= 0.6 is 0 Å². The van der Waals surface area contributed by atoms with E-state index < -0.39 is 11.6 Å². The summed E-state index contributed by atoms with van der Waals surface area (Å²) in [6.07, 6.45) is 1.79. The molecule has 0 bridgehead atoms. The Balaban J connectivity index is 2.08. The normalized spacial score (nSPS) is 21.4. The van der Waals surface area contributed by atoms with Gasteiger partial charge in [0, 0.05) is 6.07 Å². The van der Waals surface area contributed by atoms with Crippen LogP contribution in [-0.2, 0) is 6.42 Å². The van der Waals surface area contributed by atoms with E-state index in [9.17, 15) is 8.78 Å². The van der Waals surface area contributed by atoms with Crippen molar-refractivity contribution >= 4 is 0 Å². The van der Waals surface area contributed by atoms with Crippen LogP contribution in [0.4, 0.5) is 8.78 Å². The molecule has 14 heavy (non-hydrogen) atoms. The lowest BCUT2D eigenvalue weighted by Crippen LogP contribution is -2.11. The van der Waals surface area contributed by atoms with Crippen molar-refractivity contribution < 1.29 is 8.78 Å². The van der Waals surface area contributed by atoms with Crippen LogP contribution in [0, 0.1) is 17.6 Å². The molecule has 2 rings (SSSR count). The van der Waals surface area contributed by atoms with Crippen LogP contribution in [0.15, 0.2) is 18.2 Å². The van der Waals surface area contributed by atoms with Gasteiger partial charge in [-0.1, -0.05) is 6.07 Å². The Labute approximate surface area is 82.1 Å². The first-order valence-corrected chi connectivity index (χ1v) is 4.90. The van der Waals surface area contributed by atoms with Gasteiger partial charge in [0.25, 0.3) is 0 Å². The van der Waals surface area contributed by atoms with Crippen LogP contribution in [0.3, 0.4) is 0 Å². The third-order valence-electron chi connectivity index (χ3n) is 2.69. The summed E-state index contributed by atoms with van der Waals surface area (Å²) >= 11 is 0. The smallest absolute Gasteiger partial charge is 0.129 e. The van der Waals surface area contributed by atoms with Gasteiger partial charge in [-0.15, -0.1) is 0 Å². The predicted octanol–water partition coefficient (Wildman–Crippen LogP) is 2.12. The zero-order valence-corrected chi connectivity index (χ0v) is 7.89.